The second-order valence-electron chi connectivity index (χ2n) is 6.29. The lowest BCUT2D eigenvalue weighted by Crippen LogP contribution is -2.50. The molecule has 0 amide bonds. The molecule has 0 radical (unpaired) electrons. The van der Waals surface area contributed by atoms with Crippen molar-refractivity contribution in [3.63, 3.8) is 0 Å². The molecule has 2 fully saturated rings. The number of likely N-dealkylation sites (N-methyl/N-ethyl adjacent to an activating group) is 1. The summed E-state index contributed by atoms with van der Waals surface area (Å²) < 4.78 is 4.99. The normalized spacial score (nSPS) is 37.0. The number of nitrogens with one attached hydrogen (secondary N) is 1. The minimum Gasteiger partial charge on any atom is -0.468 e. The molecule has 4 heteroatoms. The van der Waals surface area contributed by atoms with E-state index in [0.29, 0.717) is 6.04 Å². The summed E-state index contributed by atoms with van der Waals surface area (Å²) in [6, 6.07) is 0.539. The summed E-state index contributed by atoms with van der Waals surface area (Å²) in [6.45, 7) is 4.73. The van der Waals surface area contributed by atoms with Crippen LogP contribution < -0.4 is 5.32 Å². The van der Waals surface area contributed by atoms with Gasteiger partial charge in [-0.1, -0.05) is 6.92 Å². The van der Waals surface area contributed by atoms with Gasteiger partial charge >= 0.3 is 5.97 Å². The first kappa shape index (κ1) is 14.8. The van der Waals surface area contributed by atoms with Gasteiger partial charge in [-0.2, -0.15) is 0 Å². The highest BCUT2D eigenvalue weighted by atomic mass is 16.5. The lowest BCUT2D eigenvalue weighted by atomic mass is 9.97. The third kappa shape index (κ3) is 3.11. The lowest BCUT2D eigenvalue weighted by molar-refractivity contribution is -0.148. The standard InChI is InChI=1S/C15H28N2O2/c1-12-5-4-9-17(10-7-12)13-6-8-15(11-13,16-2)14(18)19-3/h12-13,16H,4-11H2,1-3H3. The number of nitrogens with zero attached hydrogens (tertiary/aromatic N) is 1. The Morgan fingerprint density at radius 1 is 1.32 bits per heavy atom. The van der Waals surface area contributed by atoms with Gasteiger partial charge in [-0.25, -0.2) is 0 Å². The summed E-state index contributed by atoms with van der Waals surface area (Å²) in [5.41, 5.74) is -0.447. The zero-order valence-corrected chi connectivity index (χ0v) is 12.6. The van der Waals surface area contributed by atoms with E-state index >= 15 is 0 Å². The molecule has 1 saturated heterocycles. The van der Waals surface area contributed by atoms with Crippen LogP contribution in [0, 0.1) is 5.92 Å². The number of methoxy groups -OCH3 is 1. The molecule has 0 aromatic rings. The summed E-state index contributed by atoms with van der Waals surface area (Å²) in [4.78, 5) is 14.6. The minimum absolute atomic E-state index is 0.0966. The molecule has 1 saturated carbocycles. The number of hydrogen-bond donors (Lipinski definition) is 1. The van der Waals surface area contributed by atoms with E-state index in [1.54, 1.807) is 0 Å². The largest absolute Gasteiger partial charge is 0.468 e. The van der Waals surface area contributed by atoms with E-state index in [2.05, 4.69) is 17.1 Å². The third-order valence-corrected chi connectivity index (χ3v) is 5.11. The van der Waals surface area contributed by atoms with Crippen LogP contribution in [-0.4, -0.2) is 49.7 Å². The number of carbonyl (C=O) groups excluding carboxylic acids is 1. The predicted molar refractivity (Wildman–Crippen MR) is 76.0 cm³/mol. The Bertz CT molecular complexity index is 321. The van der Waals surface area contributed by atoms with Crippen molar-refractivity contribution < 1.29 is 9.53 Å². The topological polar surface area (TPSA) is 41.6 Å². The smallest absolute Gasteiger partial charge is 0.326 e. The molecule has 3 atom stereocenters. The number of rotatable bonds is 3. The molecule has 2 aliphatic rings. The molecule has 0 bridgehead atoms. The van der Waals surface area contributed by atoms with Crippen molar-refractivity contribution in [1.29, 1.82) is 0 Å². The predicted octanol–water partition coefficient (Wildman–Crippen LogP) is 1.79. The minimum atomic E-state index is -0.447. The van der Waals surface area contributed by atoms with Gasteiger partial charge in [0.15, 0.2) is 0 Å². The highest BCUT2D eigenvalue weighted by molar-refractivity contribution is 5.81. The quantitative estimate of drug-likeness (QED) is 0.792. The monoisotopic (exact) mass is 268 g/mol. The van der Waals surface area contributed by atoms with Crippen LogP contribution in [0.5, 0.6) is 0 Å². The zero-order valence-electron chi connectivity index (χ0n) is 12.6. The summed E-state index contributed by atoms with van der Waals surface area (Å²) in [7, 11) is 3.37. The molecule has 1 aliphatic heterocycles. The highest BCUT2D eigenvalue weighted by Crippen LogP contribution is 2.35. The Labute approximate surface area is 116 Å². The van der Waals surface area contributed by atoms with E-state index in [1.165, 1.54) is 39.5 Å². The van der Waals surface area contributed by atoms with Gasteiger partial charge in [0.2, 0.25) is 0 Å². The second kappa shape index (κ2) is 6.23. The Balaban J connectivity index is 1.98. The summed E-state index contributed by atoms with van der Waals surface area (Å²) in [5, 5.41) is 3.22. The van der Waals surface area contributed by atoms with E-state index in [1.807, 2.05) is 7.05 Å². The van der Waals surface area contributed by atoms with Gasteiger partial charge in [0.1, 0.15) is 5.54 Å². The molecule has 0 aromatic heterocycles. The van der Waals surface area contributed by atoms with Gasteiger partial charge in [0.05, 0.1) is 7.11 Å². The molecule has 4 nitrogen and oxygen atoms in total. The number of likely N-dealkylation sites (tertiary alicyclic amines) is 1. The van der Waals surface area contributed by atoms with Gasteiger partial charge in [0, 0.05) is 6.04 Å². The number of carbonyl (C=O) groups is 1. The van der Waals surface area contributed by atoms with Crippen molar-refractivity contribution in [3.8, 4) is 0 Å². The first-order chi connectivity index (χ1) is 9.11. The fourth-order valence-electron chi connectivity index (χ4n) is 3.69. The fraction of sp³-hybridized carbons (Fsp3) is 0.933. The molecule has 110 valence electrons. The van der Waals surface area contributed by atoms with Gasteiger partial charge < -0.3 is 15.0 Å². The first-order valence-corrected chi connectivity index (χ1v) is 7.62. The Morgan fingerprint density at radius 2 is 2.11 bits per heavy atom. The van der Waals surface area contributed by atoms with Crippen LogP contribution in [0.4, 0.5) is 0 Å². The number of esters is 1. The molecular weight excluding hydrogens is 240 g/mol. The third-order valence-electron chi connectivity index (χ3n) is 5.11. The molecular formula is C15H28N2O2. The Morgan fingerprint density at radius 3 is 2.79 bits per heavy atom. The van der Waals surface area contributed by atoms with Crippen LogP contribution in [0.3, 0.4) is 0 Å². The van der Waals surface area contributed by atoms with E-state index in [-0.39, 0.29) is 5.97 Å². The maximum absolute atomic E-state index is 12.0. The average Bonchev–Trinajstić information content (AvgIpc) is 2.76. The second-order valence-corrected chi connectivity index (χ2v) is 6.29. The van der Waals surface area contributed by atoms with Gasteiger partial charge in [-0.05, 0) is 64.6 Å². The maximum Gasteiger partial charge on any atom is 0.326 e. The van der Waals surface area contributed by atoms with Crippen LogP contribution in [0.25, 0.3) is 0 Å². The SMILES string of the molecule is CNC1(C(=O)OC)CCC(N2CCCC(C)CC2)C1. The highest BCUT2D eigenvalue weighted by Gasteiger charge is 2.46. The molecule has 1 aliphatic carbocycles. The molecule has 1 N–H and O–H groups in total. The van der Waals surface area contributed by atoms with Gasteiger partial charge in [-0.3, -0.25) is 4.79 Å². The lowest BCUT2D eigenvalue weighted by Gasteiger charge is -2.30. The summed E-state index contributed by atoms with van der Waals surface area (Å²) in [6.07, 6.45) is 6.82. The van der Waals surface area contributed by atoms with E-state index < -0.39 is 5.54 Å². The van der Waals surface area contributed by atoms with Gasteiger partial charge in [-0.15, -0.1) is 0 Å². The maximum atomic E-state index is 12.0. The van der Waals surface area contributed by atoms with Crippen molar-refractivity contribution in [2.75, 3.05) is 27.2 Å². The van der Waals surface area contributed by atoms with Crippen LogP contribution in [0.1, 0.15) is 45.4 Å². The van der Waals surface area contributed by atoms with Crippen LogP contribution in [-0.2, 0) is 9.53 Å². The van der Waals surface area contributed by atoms with Crippen molar-refractivity contribution >= 4 is 5.97 Å². The fourth-order valence-corrected chi connectivity index (χ4v) is 3.69. The van der Waals surface area contributed by atoms with Gasteiger partial charge in [0.25, 0.3) is 0 Å². The summed E-state index contributed by atoms with van der Waals surface area (Å²) in [5.74, 6) is 0.752. The first-order valence-electron chi connectivity index (χ1n) is 7.62. The van der Waals surface area contributed by atoms with E-state index in [9.17, 15) is 4.79 Å². The Hall–Kier alpha value is -0.610. The molecule has 2 rings (SSSR count). The van der Waals surface area contributed by atoms with Crippen LogP contribution >= 0.6 is 0 Å². The zero-order chi connectivity index (χ0) is 13.9. The average molecular weight is 268 g/mol. The summed E-state index contributed by atoms with van der Waals surface area (Å²) >= 11 is 0. The van der Waals surface area contributed by atoms with Crippen LogP contribution in [0.2, 0.25) is 0 Å². The number of ether oxygens (including phenoxy) is 1. The van der Waals surface area contributed by atoms with E-state index in [4.69, 9.17) is 4.74 Å². The molecule has 1 heterocycles. The van der Waals surface area contributed by atoms with Crippen LogP contribution in [0.15, 0.2) is 0 Å². The number of hydrogen-bond acceptors (Lipinski definition) is 4. The molecule has 0 spiro atoms. The van der Waals surface area contributed by atoms with Crippen molar-refractivity contribution in [1.82, 2.24) is 10.2 Å². The molecule has 3 unspecified atom stereocenters. The molecule has 19 heavy (non-hydrogen) atoms. The molecule has 0 aromatic carbocycles. The van der Waals surface area contributed by atoms with Crippen molar-refractivity contribution in [2.45, 2.75) is 57.0 Å². The van der Waals surface area contributed by atoms with Crippen molar-refractivity contribution in [2.24, 2.45) is 5.92 Å². The van der Waals surface area contributed by atoms with Crippen molar-refractivity contribution in [3.05, 3.63) is 0 Å². The Kier molecular flexibility index (Phi) is 4.85. The van der Waals surface area contributed by atoms with E-state index in [0.717, 1.165) is 25.2 Å².